The van der Waals surface area contributed by atoms with E-state index in [9.17, 15) is 0 Å². The van der Waals surface area contributed by atoms with Gasteiger partial charge in [-0.15, -0.1) is 0 Å². The van der Waals surface area contributed by atoms with Gasteiger partial charge in [0.1, 0.15) is 11.0 Å². The number of nitrogens with one attached hydrogen (secondary N) is 1. The molecular formula is C14H19ClN4S. The van der Waals surface area contributed by atoms with Gasteiger partial charge in [0, 0.05) is 25.7 Å². The van der Waals surface area contributed by atoms with Crippen LogP contribution in [0.4, 0.5) is 5.69 Å². The first-order valence-corrected chi connectivity index (χ1v) is 7.97. The van der Waals surface area contributed by atoms with E-state index in [1.54, 1.807) is 0 Å². The van der Waals surface area contributed by atoms with E-state index < -0.39 is 0 Å². The number of benzene rings is 1. The van der Waals surface area contributed by atoms with Crippen molar-refractivity contribution in [1.82, 2.24) is 14.1 Å². The zero-order valence-electron chi connectivity index (χ0n) is 12.0. The summed E-state index contributed by atoms with van der Waals surface area (Å²) < 4.78 is 8.74. The van der Waals surface area contributed by atoms with Crippen molar-refractivity contribution in [3.05, 3.63) is 17.2 Å². The van der Waals surface area contributed by atoms with Gasteiger partial charge >= 0.3 is 0 Å². The summed E-state index contributed by atoms with van der Waals surface area (Å²) in [4.78, 5) is 2.35. The van der Waals surface area contributed by atoms with E-state index in [1.807, 2.05) is 12.1 Å². The fourth-order valence-electron chi connectivity index (χ4n) is 2.65. The Bertz CT molecular complexity index is 619. The minimum absolute atomic E-state index is 0.222. The second-order valence-corrected chi connectivity index (χ2v) is 7.28. The molecule has 0 amide bonds. The average Bonchev–Trinajstić information content (AvgIpc) is 2.86. The number of anilines is 1. The number of nitrogens with zero attached hydrogens (tertiary/aromatic N) is 3. The molecule has 1 aromatic heterocycles. The van der Waals surface area contributed by atoms with Crippen LogP contribution in [0.25, 0.3) is 11.0 Å². The van der Waals surface area contributed by atoms with Crippen molar-refractivity contribution in [3.8, 4) is 0 Å². The molecule has 2 heterocycles. The van der Waals surface area contributed by atoms with Crippen LogP contribution in [0.2, 0.25) is 5.02 Å². The highest BCUT2D eigenvalue weighted by Gasteiger charge is 2.31. The zero-order chi connectivity index (χ0) is 14.3. The summed E-state index contributed by atoms with van der Waals surface area (Å²) >= 11 is 7.68. The first-order valence-electron chi connectivity index (χ1n) is 6.86. The quantitative estimate of drug-likeness (QED) is 0.878. The normalized spacial score (nSPS) is 20.6. The van der Waals surface area contributed by atoms with Crippen molar-refractivity contribution >= 4 is 40.0 Å². The lowest BCUT2D eigenvalue weighted by atomic mass is 9.85. The van der Waals surface area contributed by atoms with Crippen molar-refractivity contribution in [2.75, 3.05) is 24.5 Å². The van der Waals surface area contributed by atoms with E-state index in [2.05, 4.69) is 39.7 Å². The Kier molecular flexibility index (Phi) is 3.60. The first-order chi connectivity index (χ1) is 9.47. The number of aromatic nitrogens is 2. The third-order valence-electron chi connectivity index (χ3n) is 3.89. The van der Waals surface area contributed by atoms with Crippen LogP contribution in [-0.4, -0.2) is 34.4 Å². The largest absolute Gasteiger partial charge is 0.366 e. The molecular weight excluding hydrogens is 292 g/mol. The Morgan fingerprint density at radius 2 is 2.15 bits per heavy atom. The molecule has 1 saturated heterocycles. The monoisotopic (exact) mass is 310 g/mol. The number of hydrogen-bond acceptors (Lipinski definition) is 5. The molecule has 0 bridgehead atoms. The van der Waals surface area contributed by atoms with Crippen molar-refractivity contribution in [1.29, 1.82) is 0 Å². The molecule has 4 nitrogen and oxygen atoms in total. The SMILES string of the molecule is CC(C)(C)C1CN(c2c(Cl)ccc3nsnc23)CCN1. The fourth-order valence-corrected chi connectivity index (χ4v) is 3.46. The van der Waals surface area contributed by atoms with Crippen LogP contribution in [0, 0.1) is 5.41 Å². The van der Waals surface area contributed by atoms with E-state index >= 15 is 0 Å². The predicted octanol–water partition coefficient (Wildman–Crippen LogP) is 3.17. The van der Waals surface area contributed by atoms with Gasteiger partial charge in [-0.3, -0.25) is 0 Å². The van der Waals surface area contributed by atoms with Gasteiger partial charge in [0.25, 0.3) is 0 Å². The summed E-state index contributed by atoms with van der Waals surface area (Å²) in [5.74, 6) is 0. The predicted molar refractivity (Wildman–Crippen MR) is 85.9 cm³/mol. The summed E-state index contributed by atoms with van der Waals surface area (Å²) in [6.07, 6.45) is 0. The molecule has 20 heavy (non-hydrogen) atoms. The minimum atomic E-state index is 0.222. The molecule has 1 atom stereocenters. The molecule has 1 aromatic carbocycles. The molecule has 0 saturated carbocycles. The standard InChI is InChI=1S/C14H19ClN4S/c1-14(2,3)11-8-19(7-6-16-11)13-9(15)4-5-10-12(13)18-20-17-10/h4-5,11,16H,6-8H2,1-3H3. The summed E-state index contributed by atoms with van der Waals surface area (Å²) in [6, 6.07) is 4.30. The summed E-state index contributed by atoms with van der Waals surface area (Å²) in [5, 5.41) is 4.37. The third kappa shape index (κ3) is 2.50. The zero-order valence-corrected chi connectivity index (χ0v) is 13.6. The third-order valence-corrected chi connectivity index (χ3v) is 4.74. The molecule has 0 radical (unpaired) electrons. The lowest BCUT2D eigenvalue weighted by molar-refractivity contribution is 0.254. The Morgan fingerprint density at radius 1 is 1.35 bits per heavy atom. The Labute approximate surface area is 128 Å². The van der Waals surface area contributed by atoms with Gasteiger partial charge in [0.05, 0.1) is 22.4 Å². The highest BCUT2D eigenvalue weighted by molar-refractivity contribution is 7.00. The molecule has 6 heteroatoms. The van der Waals surface area contributed by atoms with Crippen LogP contribution in [0.1, 0.15) is 20.8 Å². The highest BCUT2D eigenvalue weighted by Crippen LogP contribution is 2.35. The van der Waals surface area contributed by atoms with Gasteiger partial charge in [-0.25, -0.2) is 0 Å². The molecule has 1 N–H and O–H groups in total. The summed E-state index contributed by atoms with van der Waals surface area (Å²) in [5.41, 5.74) is 3.12. The molecule has 0 spiro atoms. The van der Waals surface area contributed by atoms with Crippen molar-refractivity contribution < 1.29 is 0 Å². The fraction of sp³-hybridized carbons (Fsp3) is 0.571. The van der Waals surface area contributed by atoms with Crippen LogP contribution in [-0.2, 0) is 0 Å². The van der Waals surface area contributed by atoms with Crippen molar-refractivity contribution in [2.24, 2.45) is 5.41 Å². The molecule has 2 aromatic rings. The Morgan fingerprint density at radius 3 is 2.90 bits per heavy atom. The van der Waals surface area contributed by atoms with Gasteiger partial charge in [-0.2, -0.15) is 8.75 Å². The summed E-state index contributed by atoms with van der Waals surface area (Å²) in [6.45, 7) is 9.65. The van der Waals surface area contributed by atoms with Crippen LogP contribution in [0.15, 0.2) is 12.1 Å². The molecule has 0 aliphatic carbocycles. The number of fused-ring (bicyclic) bond motifs is 1. The second kappa shape index (κ2) is 5.13. The van der Waals surface area contributed by atoms with Crippen LogP contribution >= 0.6 is 23.3 Å². The number of piperazine rings is 1. The summed E-state index contributed by atoms with van der Waals surface area (Å²) in [7, 11) is 0. The smallest absolute Gasteiger partial charge is 0.129 e. The molecule has 1 unspecified atom stereocenters. The van der Waals surface area contributed by atoms with E-state index in [-0.39, 0.29) is 5.41 Å². The van der Waals surface area contributed by atoms with Gasteiger partial charge in [0.2, 0.25) is 0 Å². The maximum atomic E-state index is 6.43. The van der Waals surface area contributed by atoms with E-state index in [1.165, 1.54) is 11.7 Å². The average molecular weight is 311 g/mol. The molecule has 1 aliphatic heterocycles. The van der Waals surface area contributed by atoms with Crippen LogP contribution in [0.5, 0.6) is 0 Å². The molecule has 1 fully saturated rings. The van der Waals surface area contributed by atoms with Crippen LogP contribution < -0.4 is 10.2 Å². The minimum Gasteiger partial charge on any atom is -0.366 e. The second-order valence-electron chi connectivity index (χ2n) is 6.35. The number of halogens is 1. The molecule has 3 rings (SSSR count). The van der Waals surface area contributed by atoms with E-state index in [0.717, 1.165) is 41.4 Å². The Hall–Kier alpha value is -0.910. The molecule has 108 valence electrons. The maximum Gasteiger partial charge on any atom is 0.129 e. The van der Waals surface area contributed by atoms with Crippen molar-refractivity contribution in [3.63, 3.8) is 0 Å². The number of hydrogen-bond donors (Lipinski definition) is 1. The van der Waals surface area contributed by atoms with E-state index in [4.69, 9.17) is 11.6 Å². The topological polar surface area (TPSA) is 41.1 Å². The van der Waals surface area contributed by atoms with Gasteiger partial charge < -0.3 is 10.2 Å². The Balaban J connectivity index is 1.98. The van der Waals surface area contributed by atoms with Gasteiger partial charge in [-0.1, -0.05) is 32.4 Å². The van der Waals surface area contributed by atoms with Crippen molar-refractivity contribution in [2.45, 2.75) is 26.8 Å². The first kappa shape index (κ1) is 14.0. The van der Waals surface area contributed by atoms with Gasteiger partial charge in [-0.05, 0) is 17.5 Å². The van der Waals surface area contributed by atoms with Gasteiger partial charge in [0.15, 0.2) is 0 Å². The maximum absolute atomic E-state index is 6.43. The number of rotatable bonds is 1. The highest BCUT2D eigenvalue weighted by atomic mass is 35.5. The molecule has 1 aliphatic rings. The lowest BCUT2D eigenvalue weighted by Crippen LogP contribution is -2.56. The van der Waals surface area contributed by atoms with Crippen LogP contribution in [0.3, 0.4) is 0 Å². The van der Waals surface area contributed by atoms with E-state index in [0.29, 0.717) is 6.04 Å². The lowest BCUT2D eigenvalue weighted by Gasteiger charge is -2.41.